The second-order valence-corrected chi connectivity index (χ2v) is 6.88. The summed E-state index contributed by atoms with van der Waals surface area (Å²) >= 11 is 0. The highest BCUT2D eigenvalue weighted by molar-refractivity contribution is 5.94. The van der Waals surface area contributed by atoms with Crippen molar-refractivity contribution >= 4 is 5.91 Å². The molecule has 1 fully saturated rings. The molecule has 0 bridgehead atoms. The Bertz CT molecular complexity index is 523. The van der Waals surface area contributed by atoms with Gasteiger partial charge in [0.05, 0.1) is 0 Å². The summed E-state index contributed by atoms with van der Waals surface area (Å²) in [5.74, 6) is 0.978. The maximum absolute atomic E-state index is 13.0. The Morgan fingerprint density at radius 1 is 1.08 bits per heavy atom. The summed E-state index contributed by atoms with van der Waals surface area (Å²) in [4.78, 5) is 17.4. The van der Waals surface area contributed by atoms with Crippen molar-refractivity contribution in [3.05, 3.63) is 29.8 Å². The zero-order chi connectivity index (χ0) is 18.8. The van der Waals surface area contributed by atoms with E-state index in [1.807, 2.05) is 24.3 Å². The molecule has 0 aromatic heterocycles. The molecule has 1 aromatic rings. The van der Waals surface area contributed by atoms with E-state index in [4.69, 9.17) is 4.74 Å². The fourth-order valence-electron chi connectivity index (χ4n) is 3.50. The summed E-state index contributed by atoms with van der Waals surface area (Å²) < 4.78 is 5.82. The van der Waals surface area contributed by atoms with Gasteiger partial charge < -0.3 is 19.9 Å². The number of carbonyl (C=O) groups excluding carboxylic acids is 1. The molecule has 26 heavy (non-hydrogen) atoms. The Labute approximate surface area is 158 Å². The molecule has 1 aliphatic rings. The summed E-state index contributed by atoms with van der Waals surface area (Å²) in [6.07, 6.45) is 3.07. The van der Waals surface area contributed by atoms with E-state index in [0.29, 0.717) is 12.6 Å². The third kappa shape index (κ3) is 5.99. The van der Waals surface area contributed by atoms with Crippen molar-refractivity contribution < 1.29 is 9.53 Å². The lowest BCUT2D eigenvalue weighted by Gasteiger charge is -2.34. The molecule has 0 radical (unpaired) electrons. The second-order valence-electron chi connectivity index (χ2n) is 6.88. The van der Waals surface area contributed by atoms with Crippen LogP contribution in [0.25, 0.3) is 0 Å². The molecule has 0 saturated carbocycles. The van der Waals surface area contributed by atoms with E-state index in [0.717, 1.165) is 69.8 Å². The molecule has 1 heterocycles. The molecule has 5 heteroatoms. The van der Waals surface area contributed by atoms with Crippen molar-refractivity contribution in [1.82, 2.24) is 15.1 Å². The van der Waals surface area contributed by atoms with Crippen LogP contribution in [0.3, 0.4) is 0 Å². The van der Waals surface area contributed by atoms with Crippen LogP contribution in [0.15, 0.2) is 24.3 Å². The zero-order valence-electron chi connectivity index (χ0n) is 16.7. The zero-order valence-corrected chi connectivity index (χ0v) is 16.7. The van der Waals surface area contributed by atoms with E-state index >= 15 is 0 Å². The standard InChI is InChI=1S/C21H35N3O2/c1-4-15-24(19-11-13-22-14-12-19)21(25)18-7-9-20(10-8-18)26-17-16-23(5-2)6-3/h7-10,19,22H,4-6,11-17H2,1-3H3. The predicted octanol–water partition coefficient (Wildman–Crippen LogP) is 3.01. The quantitative estimate of drug-likeness (QED) is 0.696. The van der Waals surface area contributed by atoms with Crippen molar-refractivity contribution in [2.75, 3.05) is 45.9 Å². The fourth-order valence-corrected chi connectivity index (χ4v) is 3.50. The van der Waals surface area contributed by atoms with Crippen molar-refractivity contribution in [2.24, 2.45) is 0 Å². The molecule has 0 aliphatic carbocycles. The van der Waals surface area contributed by atoms with Crippen LogP contribution in [-0.4, -0.2) is 67.6 Å². The molecule has 1 aliphatic heterocycles. The lowest BCUT2D eigenvalue weighted by Crippen LogP contribution is -2.46. The van der Waals surface area contributed by atoms with E-state index in [1.54, 1.807) is 0 Å². The van der Waals surface area contributed by atoms with Crippen LogP contribution in [0, 0.1) is 0 Å². The molecule has 2 rings (SSSR count). The SMILES string of the molecule is CCCN(C(=O)c1ccc(OCCN(CC)CC)cc1)C1CCNCC1. The van der Waals surface area contributed by atoms with Gasteiger partial charge in [-0.1, -0.05) is 20.8 Å². The molecule has 0 spiro atoms. The summed E-state index contributed by atoms with van der Waals surface area (Å²) in [5.41, 5.74) is 0.757. The summed E-state index contributed by atoms with van der Waals surface area (Å²) in [6.45, 7) is 13.0. The molecule has 1 N–H and O–H groups in total. The first-order valence-corrected chi connectivity index (χ1v) is 10.2. The number of hydrogen-bond donors (Lipinski definition) is 1. The van der Waals surface area contributed by atoms with Gasteiger partial charge in [0.2, 0.25) is 0 Å². The number of rotatable bonds is 10. The van der Waals surface area contributed by atoms with Crippen molar-refractivity contribution in [1.29, 1.82) is 0 Å². The Kier molecular flexibility index (Phi) is 8.92. The number of nitrogens with one attached hydrogen (secondary N) is 1. The van der Waals surface area contributed by atoms with Gasteiger partial charge in [-0.2, -0.15) is 0 Å². The minimum absolute atomic E-state index is 0.147. The highest BCUT2D eigenvalue weighted by Crippen LogP contribution is 2.18. The van der Waals surface area contributed by atoms with Crippen LogP contribution in [-0.2, 0) is 0 Å². The molecule has 146 valence electrons. The first-order chi connectivity index (χ1) is 12.7. The number of amides is 1. The highest BCUT2D eigenvalue weighted by atomic mass is 16.5. The van der Waals surface area contributed by atoms with Gasteiger partial charge in [0, 0.05) is 24.7 Å². The third-order valence-electron chi connectivity index (χ3n) is 5.15. The fraction of sp³-hybridized carbons (Fsp3) is 0.667. The molecular formula is C21H35N3O2. The van der Waals surface area contributed by atoms with Gasteiger partial charge in [-0.05, 0) is 69.7 Å². The monoisotopic (exact) mass is 361 g/mol. The molecule has 0 unspecified atom stereocenters. The minimum Gasteiger partial charge on any atom is -0.492 e. The number of piperidine rings is 1. The largest absolute Gasteiger partial charge is 0.492 e. The average Bonchev–Trinajstić information content (AvgIpc) is 2.70. The van der Waals surface area contributed by atoms with E-state index in [9.17, 15) is 4.79 Å². The number of carbonyl (C=O) groups is 1. The van der Waals surface area contributed by atoms with Gasteiger partial charge >= 0.3 is 0 Å². The lowest BCUT2D eigenvalue weighted by atomic mass is 10.0. The molecule has 1 amide bonds. The first-order valence-electron chi connectivity index (χ1n) is 10.2. The van der Waals surface area contributed by atoms with Crippen LogP contribution in [0.5, 0.6) is 5.75 Å². The third-order valence-corrected chi connectivity index (χ3v) is 5.15. The maximum atomic E-state index is 13.0. The maximum Gasteiger partial charge on any atom is 0.254 e. The van der Waals surface area contributed by atoms with E-state index in [-0.39, 0.29) is 5.91 Å². The highest BCUT2D eigenvalue weighted by Gasteiger charge is 2.25. The number of ether oxygens (including phenoxy) is 1. The van der Waals surface area contributed by atoms with E-state index < -0.39 is 0 Å². The van der Waals surface area contributed by atoms with E-state index in [2.05, 4.69) is 35.9 Å². The van der Waals surface area contributed by atoms with Gasteiger partial charge in [-0.25, -0.2) is 0 Å². The Morgan fingerprint density at radius 2 is 1.73 bits per heavy atom. The van der Waals surface area contributed by atoms with Crippen molar-refractivity contribution in [3.8, 4) is 5.75 Å². The number of nitrogens with zero attached hydrogens (tertiary/aromatic N) is 2. The van der Waals surface area contributed by atoms with Crippen LogP contribution >= 0.6 is 0 Å². The van der Waals surface area contributed by atoms with Crippen LogP contribution in [0.2, 0.25) is 0 Å². The molecule has 0 atom stereocenters. The Morgan fingerprint density at radius 3 is 2.31 bits per heavy atom. The van der Waals surface area contributed by atoms with Gasteiger partial charge in [-0.3, -0.25) is 4.79 Å². The first kappa shape index (κ1) is 20.7. The van der Waals surface area contributed by atoms with Crippen LogP contribution in [0.1, 0.15) is 50.4 Å². The van der Waals surface area contributed by atoms with Gasteiger partial charge in [0.25, 0.3) is 5.91 Å². The molecular weight excluding hydrogens is 326 g/mol. The van der Waals surface area contributed by atoms with Gasteiger partial charge in [0.1, 0.15) is 12.4 Å². The predicted molar refractivity (Wildman–Crippen MR) is 107 cm³/mol. The number of hydrogen-bond acceptors (Lipinski definition) is 4. The second kappa shape index (κ2) is 11.2. The van der Waals surface area contributed by atoms with Crippen LogP contribution in [0.4, 0.5) is 0 Å². The number of benzene rings is 1. The topological polar surface area (TPSA) is 44.8 Å². The minimum atomic E-state index is 0.147. The molecule has 5 nitrogen and oxygen atoms in total. The normalized spacial score (nSPS) is 15.2. The molecule has 1 saturated heterocycles. The summed E-state index contributed by atoms with van der Waals surface area (Å²) in [6, 6.07) is 8.00. The molecule has 1 aromatic carbocycles. The van der Waals surface area contributed by atoms with E-state index in [1.165, 1.54) is 0 Å². The van der Waals surface area contributed by atoms with Crippen molar-refractivity contribution in [3.63, 3.8) is 0 Å². The average molecular weight is 362 g/mol. The Hall–Kier alpha value is -1.59. The lowest BCUT2D eigenvalue weighted by molar-refractivity contribution is 0.0642. The van der Waals surface area contributed by atoms with Crippen molar-refractivity contribution in [2.45, 2.75) is 46.1 Å². The summed E-state index contributed by atoms with van der Waals surface area (Å²) in [5, 5.41) is 3.38. The Balaban J connectivity index is 1.93. The van der Waals surface area contributed by atoms with Gasteiger partial charge in [-0.15, -0.1) is 0 Å². The number of likely N-dealkylation sites (N-methyl/N-ethyl adjacent to an activating group) is 1. The van der Waals surface area contributed by atoms with Crippen LogP contribution < -0.4 is 10.1 Å². The van der Waals surface area contributed by atoms with Gasteiger partial charge in [0.15, 0.2) is 0 Å². The summed E-state index contributed by atoms with van der Waals surface area (Å²) in [7, 11) is 0. The smallest absolute Gasteiger partial charge is 0.254 e.